The molecule has 6 nitrogen and oxygen atoms in total. The van der Waals surface area contributed by atoms with E-state index < -0.39 is 0 Å². The summed E-state index contributed by atoms with van der Waals surface area (Å²) in [6, 6.07) is 7.33. The minimum Gasteiger partial charge on any atom is -0.361 e. The van der Waals surface area contributed by atoms with Gasteiger partial charge in [0.1, 0.15) is 11.3 Å². The Morgan fingerprint density at radius 2 is 1.77 bits per heavy atom. The maximum absolute atomic E-state index is 12.7. The van der Waals surface area contributed by atoms with Gasteiger partial charge in [0.2, 0.25) is 0 Å². The number of hydrogen-bond donors (Lipinski definition) is 1. The third-order valence-corrected chi connectivity index (χ3v) is 5.09. The first-order valence-electron chi connectivity index (χ1n) is 9.09. The Labute approximate surface area is 153 Å². The lowest BCUT2D eigenvalue weighted by Crippen LogP contribution is -2.38. The van der Waals surface area contributed by atoms with Gasteiger partial charge in [-0.25, -0.2) is 0 Å². The minimum atomic E-state index is -0.264. The molecule has 0 radical (unpaired) electrons. The van der Waals surface area contributed by atoms with E-state index in [9.17, 15) is 9.59 Å². The average molecular weight is 355 g/mol. The number of rotatable bonds is 4. The first-order chi connectivity index (χ1) is 12.5. The predicted molar refractivity (Wildman–Crippen MR) is 99.3 cm³/mol. The van der Waals surface area contributed by atoms with Gasteiger partial charge in [-0.05, 0) is 51.0 Å². The van der Waals surface area contributed by atoms with Crippen molar-refractivity contribution in [1.29, 1.82) is 0 Å². The highest BCUT2D eigenvalue weighted by atomic mass is 16.5. The number of aryl methyl sites for hydroxylation is 2. The number of hydrogen-bond acceptors (Lipinski definition) is 4. The lowest BCUT2D eigenvalue weighted by Gasteiger charge is -2.31. The Hall–Kier alpha value is -2.63. The van der Waals surface area contributed by atoms with Crippen molar-refractivity contribution in [2.24, 2.45) is 0 Å². The molecule has 26 heavy (non-hydrogen) atoms. The molecular weight excluding hydrogens is 330 g/mol. The first-order valence-corrected chi connectivity index (χ1v) is 9.09. The van der Waals surface area contributed by atoms with Gasteiger partial charge in [0, 0.05) is 24.3 Å². The second kappa shape index (κ2) is 7.72. The van der Waals surface area contributed by atoms with Crippen LogP contribution in [0, 0.1) is 13.8 Å². The summed E-state index contributed by atoms with van der Waals surface area (Å²) < 4.78 is 5.03. The number of amides is 2. The molecule has 1 aromatic carbocycles. The summed E-state index contributed by atoms with van der Waals surface area (Å²) in [5.74, 6) is 0.251. The van der Waals surface area contributed by atoms with E-state index in [0.717, 1.165) is 12.8 Å². The molecule has 2 aromatic rings. The standard InChI is InChI=1S/C20H25N3O3/c1-13-18(14(2)26-22-13)19(24)21-16-11-9-15(10-12-16)20(25)23(3)17-7-5-4-6-8-17/h9-12,17H,4-8H2,1-3H3,(H,21,24). The highest BCUT2D eigenvalue weighted by molar-refractivity contribution is 6.05. The van der Waals surface area contributed by atoms with Crippen LogP contribution in [0.15, 0.2) is 28.8 Å². The average Bonchev–Trinajstić information content (AvgIpc) is 3.00. The van der Waals surface area contributed by atoms with Gasteiger partial charge in [0.25, 0.3) is 11.8 Å². The highest BCUT2D eigenvalue weighted by Gasteiger charge is 2.23. The molecule has 6 heteroatoms. The third kappa shape index (κ3) is 3.79. The summed E-state index contributed by atoms with van der Waals surface area (Å²) in [6.45, 7) is 3.44. The van der Waals surface area contributed by atoms with Gasteiger partial charge in [-0.3, -0.25) is 9.59 Å². The third-order valence-electron chi connectivity index (χ3n) is 5.09. The summed E-state index contributed by atoms with van der Waals surface area (Å²) in [7, 11) is 1.88. The summed E-state index contributed by atoms with van der Waals surface area (Å²) in [4.78, 5) is 26.9. The molecule has 0 atom stereocenters. The van der Waals surface area contributed by atoms with Crippen LogP contribution in [-0.4, -0.2) is 35.0 Å². The summed E-state index contributed by atoms with van der Waals surface area (Å²) in [5, 5.41) is 6.61. The molecular formula is C20H25N3O3. The molecule has 3 rings (SSSR count). The zero-order chi connectivity index (χ0) is 18.7. The molecule has 1 saturated carbocycles. The Kier molecular flexibility index (Phi) is 5.40. The summed E-state index contributed by atoms with van der Waals surface area (Å²) in [6.07, 6.45) is 5.80. The van der Waals surface area contributed by atoms with E-state index >= 15 is 0 Å². The van der Waals surface area contributed by atoms with Gasteiger partial charge in [-0.15, -0.1) is 0 Å². The van der Waals surface area contributed by atoms with Gasteiger partial charge in [-0.2, -0.15) is 0 Å². The first kappa shape index (κ1) is 18.2. The fourth-order valence-electron chi connectivity index (χ4n) is 3.53. The van der Waals surface area contributed by atoms with Crippen LogP contribution in [0.25, 0.3) is 0 Å². The molecule has 1 heterocycles. The lowest BCUT2D eigenvalue weighted by molar-refractivity contribution is 0.0696. The van der Waals surface area contributed by atoms with Crippen LogP contribution < -0.4 is 5.32 Å². The van der Waals surface area contributed by atoms with Gasteiger partial charge >= 0.3 is 0 Å². The van der Waals surface area contributed by atoms with Crippen molar-refractivity contribution in [2.45, 2.75) is 52.0 Å². The normalized spacial score (nSPS) is 14.9. The van der Waals surface area contributed by atoms with Crippen LogP contribution >= 0.6 is 0 Å². The molecule has 0 spiro atoms. The van der Waals surface area contributed by atoms with E-state index in [0.29, 0.717) is 34.3 Å². The van der Waals surface area contributed by atoms with E-state index in [1.165, 1.54) is 19.3 Å². The summed E-state index contributed by atoms with van der Waals surface area (Å²) in [5.41, 5.74) is 2.27. The van der Waals surface area contributed by atoms with Crippen molar-refractivity contribution in [2.75, 3.05) is 12.4 Å². The molecule has 0 unspecified atom stereocenters. The van der Waals surface area contributed by atoms with Crippen LogP contribution in [0.3, 0.4) is 0 Å². The van der Waals surface area contributed by atoms with Crippen molar-refractivity contribution in [3.05, 3.63) is 46.8 Å². The fourth-order valence-corrected chi connectivity index (χ4v) is 3.53. The van der Waals surface area contributed by atoms with Crippen LogP contribution in [-0.2, 0) is 0 Å². The SMILES string of the molecule is Cc1noc(C)c1C(=O)Nc1ccc(C(=O)N(C)C2CCCCC2)cc1. The van der Waals surface area contributed by atoms with Crippen LogP contribution in [0.5, 0.6) is 0 Å². The largest absolute Gasteiger partial charge is 0.361 e. The van der Waals surface area contributed by atoms with E-state index in [1.54, 1.807) is 38.1 Å². The zero-order valence-electron chi connectivity index (χ0n) is 15.5. The van der Waals surface area contributed by atoms with Crippen LogP contribution in [0.2, 0.25) is 0 Å². The van der Waals surface area contributed by atoms with E-state index in [4.69, 9.17) is 4.52 Å². The number of aromatic nitrogens is 1. The summed E-state index contributed by atoms with van der Waals surface area (Å²) >= 11 is 0. The fraction of sp³-hybridized carbons (Fsp3) is 0.450. The molecule has 0 aliphatic heterocycles. The van der Waals surface area contributed by atoms with Gasteiger partial charge in [0.15, 0.2) is 0 Å². The van der Waals surface area contributed by atoms with Crippen molar-refractivity contribution < 1.29 is 14.1 Å². The Bertz CT molecular complexity index is 770. The number of anilines is 1. The molecule has 0 saturated heterocycles. The topological polar surface area (TPSA) is 75.4 Å². The molecule has 1 aliphatic carbocycles. The molecule has 1 N–H and O–H groups in total. The molecule has 0 bridgehead atoms. The number of nitrogens with one attached hydrogen (secondary N) is 1. The number of nitrogens with zero attached hydrogens (tertiary/aromatic N) is 2. The molecule has 1 aromatic heterocycles. The van der Waals surface area contributed by atoms with E-state index in [2.05, 4.69) is 10.5 Å². The van der Waals surface area contributed by atoms with Crippen molar-refractivity contribution in [1.82, 2.24) is 10.1 Å². The minimum absolute atomic E-state index is 0.0282. The van der Waals surface area contributed by atoms with Crippen molar-refractivity contribution in [3.8, 4) is 0 Å². The Balaban J connectivity index is 1.66. The van der Waals surface area contributed by atoms with Crippen LogP contribution in [0.4, 0.5) is 5.69 Å². The van der Waals surface area contributed by atoms with Crippen molar-refractivity contribution >= 4 is 17.5 Å². The quantitative estimate of drug-likeness (QED) is 0.901. The second-order valence-corrected chi connectivity index (χ2v) is 6.94. The molecule has 1 fully saturated rings. The molecule has 1 aliphatic rings. The van der Waals surface area contributed by atoms with Gasteiger partial charge < -0.3 is 14.7 Å². The molecule has 2 amide bonds. The van der Waals surface area contributed by atoms with Crippen LogP contribution in [0.1, 0.15) is 64.3 Å². The second-order valence-electron chi connectivity index (χ2n) is 6.94. The number of benzene rings is 1. The highest BCUT2D eigenvalue weighted by Crippen LogP contribution is 2.23. The van der Waals surface area contributed by atoms with E-state index in [1.807, 2.05) is 11.9 Å². The predicted octanol–water partition coefficient (Wildman–Crippen LogP) is 3.95. The Morgan fingerprint density at radius 3 is 2.35 bits per heavy atom. The van der Waals surface area contributed by atoms with E-state index in [-0.39, 0.29) is 11.8 Å². The maximum atomic E-state index is 12.7. The zero-order valence-corrected chi connectivity index (χ0v) is 15.5. The molecule has 138 valence electrons. The smallest absolute Gasteiger partial charge is 0.261 e. The number of carbonyl (C=O) groups excluding carboxylic acids is 2. The Morgan fingerprint density at radius 1 is 1.12 bits per heavy atom. The van der Waals surface area contributed by atoms with Crippen molar-refractivity contribution in [3.63, 3.8) is 0 Å². The lowest BCUT2D eigenvalue weighted by atomic mass is 9.94. The maximum Gasteiger partial charge on any atom is 0.261 e. The number of carbonyl (C=O) groups is 2. The van der Waals surface area contributed by atoms with Gasteiger partial charge in [0.05, 0.1) is 5.69 Å². The monoisotopic (exact) mass is 355 g/mol. The van der Waals surface area contributed by atoms with Gasteiger partial charge in [-0.1, -0.05) is 24.4 Å².